The second-order valence-corrected chi connectivity index (χ2v) is 6.04. The average molecular weight is 312 g/mol. The highest BCUT2D eigenvalue weighted by molar-refractivity contribution is 5.39. The summed E-state index contributed by atoms with van der Waals surface area (Å²) in [6.07, 6.45) is 6.54. The Morgan fingerprint density at radius 1 is 1.39 bits per heavy atom. The molecule has 0 spiro atoms. The van der Waals surface area contributed by atoms with Crippen LogP contribution in [0.2, 0.25) is 0 Å². The predicted octanol–water partition coefficient (Wildman–Crippen LogP) is 1.46. The summed E-state index contributed by atoms with van der Waals surface area (Å²) in [6.45, 7) is 2.48. The third-order valence-corrected chi connectivity index (χ3v) is 4.43. The maximum Gasteiger partial charge on any atom is 0.137 e. The molecule has 1 aliphatic rings. The van der Waals surface area contributed by atoms with Crippen LogP contribution in [0.4, 0.5) is 0 Å². The average Bonchev–Trinajstić information content (AvgIpc) is 3.28. The van der Waals surface area contributed by atoms with Crippen LogP contribution in [0.5, 0.6) is 0 Å². The van der Waals surface area contributed by atoms with Gasteiger partial charge in [0.15, 0.2) is 0 Å². The summed E-state index contributed by atoms with van der Waals surface area (Å²) in [5.74, 6) is 1.22. The second kappa shape index (κ2) is 6.10. The lowest BCUT2D eigenvalue weighted by Gasteiger charge is -2.24. The van der Waals surface area contributed by atoms with Crippen LogP contribution in [-0.2, 0) is 11.3 Å². The summed E-state index contributed by atoms with van der Waals surface area (Å²) in [7, 11) is 2.12. The molecular formula is C16H20N6O. The molecule has 4 rings (SSSR count). The molecule has 0 unspecified atom stereocenters. The number of nitrogens with one attached hydrogen (secondary N) is 1. The molecule has 23 heavy (non-hydrogen) atoms. The van der Waals surface area contributed by atoms with Gasteiger partial charge in [0, 0.05) is 43.7 Å². The zero-order valence-electron chi connectivity index (χ0n) is 13.1. The number of rotatable bonds is 5. The zero-order valence-corrected chi connectivity index (χ0v) is 13.1. The van der Waals surface area contributed by atoms with Gasteiger partial charge in [-0.1, -0.05) is 6.07 Å². The highest BCUT2D eigenvalue weighted by atomic mass is 16.5. The van der Waals surface area contributed by atoms with Gasteiger partial charge in [-0.05, 0) is 25.6 Å². The van der Waals surface area contributed by atoms with Crippen molar-refractivity contribution in [2.75, 3.05) is 20.2 Å². The van der Waals surface area contributed by atoms with E-state index in [1.165, 1.54) is 5.69 Å². The van der Waals surface area contributed by atoms with Gasteiger partial charge in [0.2, 0.25) is 0 Å². The van der Waals surface area contributed by atoms with Gasteiger partial charge in [-0.25, -0.2) is 9.97 Å². The second-order valence-electron chi connectivity index (χ2n) is 6.04. The lowest BCUT2D eigenvalue weighted by molar-refractivity contribution is 0.0707. The molecule has 0 saturated carbocycles. The van der Waals surface area contributed by atoms with Gasteiger partial charge < -0.3 is 9.14 Å². The number of ether oxygens (including phenoxy) is 1. The van der Waals surface area contributed by atoms with E-state index >= 15 is 0 Å². The standard InChI is InChI=1S/C16H20N6O/c1-21(9-12-3-2-4-15-17-6-7-22(12)15)10-14-13(5-8-23-14)16-18-11-19-20-16/h2-4,6-7,11,13-14H,5,8-10H2,1H3,(H,18,19,20)/t13-,14-/m1/s1. The number of aromatic amines is 1. The van der Waals surface area contributed by atoms with Crippen molar-refractivity contribution in [2.24, 2.45) is 0 Å². The third-order valence-electron chi connectivity index (χ3n) is 4.43. The van der Waals surface area contributed by atoms with Crippen LogP contribution in [-0.4, -0.2) is 55.8 Å². The maximum atomic E-state index is 5.92. The van der Waals surface area contributed by atoms with Crippen molar-refractivity contribution in [2.45, 2.75) is 25.0 Å². The number of pyridine rings is 1. The summed E-state index contributed by atoms with van der Waals surface area (Å²) in [5, 5.41) is 6.94. The fraction of sp³-hybridized carbons (Fsp3) is 0.438. The van der Waals surface area contributed by atoms with E-state index in [1.54, 1.807) is 6.33 Å². The molecule has 0 amide bonds. The van der Waals surface area contributed by atoms with E-state index in [0.29, 0.717) is 5.92 Å². The van der Waals surface area contributed by atoms with Gasteiger partial charge >= 0.3 is 0 Å². The molecule has 0 aliphatic carbocycles. The largest absolute Gasteiger partial charge is 0.376 e. The lowest BCUT2D eigenvalue weighted by Crippen LogP contribution is -2.32. The molecule has 120 valence electrons. The highest BCUT2D eigenvalue weighted by Crippen LogP contribution is 2.29. The molecule has 3 aromatic heterocycles. The Balaban J connectivity index is 1.45. The topological polar surface area (TPSA) is 71.3 Å². The number of fused-ring (bicyclic) bond motifs is 1. The van der Waals surface area contributed by atoms with Crippen LogP contribution in [0.3, 0.4) is 0 Å². The number of imidazole rings is 1. The van der Waals surface area contributed by atoms with Gasteiger partial charge in [-0.15, -0.1) is 0 Å². The van der Waals surface area contributed by atoms with Crippen molar-refractivity contribution >= 4 is 5.65 Å². The molecule has 0 bridgehead atoms. The minimum atomic E-state index is 0.148. The molecule has 3 aromatic rings. The Morgan fingerprint density at radius 3 is 3.22 bits per heavy atom. The van der Waals surface area contributed by atoms with Crippen molar-refractivity contribution in [3.8, 4) is 0 Å². The Morgan fingerprint density at radius 2 is 2.35 bits per heavy atom. The van der Waals surface area contributed by atoms with E-state index in [2.05, 4.69) is 48.6 Å². The molecule has 1 aliphatic heterocycles. The molecule has 7 nitrogen and oxygen atoms in total. The van der Waals surface area contributed by atoms with Crippen molar-refractivity contribution in [3.63, 3.8) is 0 Å². The lowest BCUT2D eigenvalue weighted by atomic mass is 10.0. The summed E-state index contributed by atoms with van der Waals surface area (Å²) >= 11 is 0. The molecule has 2 atom stereocenters. The van der Waals surface area contributed by atoms with Gasteiger partial charge in [0.1, 0.15) is 17.8 Å². The number of nitrogens with zero attached hydrogens (tertiary/aromatic N) is 5. The molecule has 4 heterocycles. The summed E-state index contributed by atoms with van der Waals surface area (Å²) in [5.41, 5.74) is 2.20. The van der Waals surface area contributed by atoms with Crippen LogP contribution in [0, 0.1) is 0 Å². The zero-order chi connectivity index (χ0) is 15.6. The monoisotopic (exact) mass is 312 g/mol. The number of aromatic nitrogens is 5. The van der Waals surface area contributed by atoms with Gasteiger partial charge in [-0.3, -0.25) is 10.00 Å². The number of H-pyrrole nitrogens is 1. The Kier molecular flexibility index (Phi) is 3.80. The number of likely N-dealkylation sites (N-methyl/N-ethyl adjacent to an activating group) is 1. The van der Waals surface area contributed by atoms with E-state index in [1.807, 2.05) is 18.5 Å². The molecule has 1 saturated heterocycles. The number of hydrogen-bond acceptors (Lipinski definition) is 5. The van der Waals surface area contributed by atoms with E-state index in [4.69, 9.17) is 4.74 Å². The minimum Gasteiger partial charge on any atom is -0.376 e. The third kappa shape index (κ3) is 2.85. The van der Waals surface area contributed by atoms with Crippen LogP contribution in [0.25, 0.3) is 5.65 Å². The number of hydrogen-bond donors (Lipinski definition) is 1. The highest BCUT2D eigenvalue weighted by Gasteiger charge is 2.32. The van der Waals surface area contributed by atoms with Crippen molar-refractivity contribution in [3.05, 3.63) is 48.4 Å². The fourth-order valence-electron chi connectivity index (χ4n) is 3.32. The molecule has 0 aromatic carbocycles. The predicted molar refractivity (Wildman–Crippen MR) is 85.0 cm³/mol. The Labute approximate surface area is 134 Å². The van der Waals surface area contributed by atoms with Gasteiger partial charge in [0.25, 0.3) is 0 Å². The van der Waals surface area contributed by atoms with Gasteiger partial charge in [0.05, 0.1) is 6.10 Å². The smallest absolute Gasteiger partial charge is 0.137 e. The normalized spacial score (nSPS) is 21.5. The quantitative estimate of drug-likeness (QED) is 0.772. The molecule has 0 radical (unpaired) electrons. The van der Waals surface area contributed by atoms with Crippen molar-refractivity contribution in [1.29, 1.82) is 0 Å². The summed E-state index contributed by atoms with van der Waals surface area (Å²) < 4.78 is 8.05. The Hall–Kier alpha value is -2.25. The van der Waals surface area contributed by atoms with Crippen LogP contribution in [0.1, 0.15) is 23.9 Å². The minimum absolute atomic E-state index is 0.148. The SMILES string of the molecule is CN(Cc1cccc2nccn12)C[C@H]1OCC[C@H]1c1ncn[nH]1. The van der Waals surface area contributed by atoms with Gasteiger partial charge in [-0.2, -0.15) is 5.10 Å². The molecule has 1 N–H and O–H groups in total. The first kappa shape index (κ1) is 14.3. The van der Waals surface area contributed by atoms with E-state index in [0.717, 1.165) is 37.6 Å². The van der Waals surface area contributed by atoms with Crippen LogP contribution in [0.15, 0.2) is 36.9 Å². The molecular weight excluding hydrogens is 292 g/mol. The first-order valence-corrected chi connectivity index (χ1v) is 7.87. The molecule has 1 fully saturated rings. The summed E-state index contributed by atoms with van der Waals surface area (Å²) in [6, 6.07) is 6.20. The summed E-state index contributed by atoms with van der Waals surface area (Å²) in [4.78, 5) is 10.9. The van der Waals surface area contributed by atoms with Crippen LogP contribution < -0.4 is 0 Å². The van der Waals surface area contributed by atoms with Crippen molar-refractivity contribution in [1.82, 2.24) is 29.5 Å². The van der Waals surface area contributed by atoms with Crippen molar-refractivity contribution < 1.29 is 4.74 Å². The van der Waals surface area contributed by atoms with E-state index < -0.39 is 0 Å². The maximum absolute atomic E-state index is 5.92. The Bertz CT molecular complexity index is 768. The fourth-order valence-corrected chi connectivity index (χ4v) is 3.32. The first-order valence-electron chi connectivity index (χ1n) is 7.87. The van der Waals surface area contributed by atoms with E-state index in [9.17, 15) is 0 Å². The first-order chi connectivity index (χ1) is 11.3. The van der Waals surface area contributed by atoms with Crippen LogP contribution >= 0.6 is 0 Å². The molecule has 7 heteroatoms. The van der Waals surface area contributed by atoms with E-state index in [-0.39, 0.29) is 6.10 Å².